The van der Waals surface area contributed by atoms with Crippen molar-refractivity contribution in [2.24, 2.45) is 0 Å². The molecule has 0 atom stereocenters. The number of methoxy groups -OCH3 is 3. The number of benzene rings is 3. The van der Waals surface area contributed by atoms with E-state index in [-0.39, 0.29) is 0 Å². The summed E-state index contributed by atoms with van der Waals surface area (Å²) in [5.74, 6) is 4.35. The molecule has 4 aromatic rings. The summed E-state index contributed by atoms with van der Waals surface area (Å²) in [6.45, 7) is 6.01. The Labute approximate surface area is 321 Å². The van der Waals surface area contributed by atoms with Crippen molar-refractivity contribution < 1.29 is 14.2 Å². The second-order valence-electron chi connectivity index (χ2n) is 14.4. The van der Waals surface area contributed by atoms with Crippen LogP contribution in [0.2, 0.25) is 0 Å². The van der Waals surface area contributed by atoms with Crippen LogP contribution in [-0.2, 0) is 0 Å². The Morgan fingerprint density at radius 2 is 0.630 bits per heavy atom. The van der Waals surface area contributed by atoms with Gasteiger partial charge in [-0.25, -0.2) is 15.0 Å². The molecule has 3 aliphatic rings. The number of ether oxygens (including phenoxy) is 3. The van der Waals surface area contributed by atoms with Gasteiger partial charge in [-0.1, -0.05) is 36.4 Å². The molecule has 0 saturated carbocycles. The van der Waals surface area contributed by atoms with E-state index in [0.29, 0.717) is 17.5 Å². The molecule has 0 bridgehead atoms. The lowest BCUT2D eigenvalue weighted by molar-refractivity contribution is 0.310. The van der Waals surface area contributed by atoms with Crippen molar-refractivity contribution >= 4 is 16.7 Å². The fourth-order valence-electron chi connectivity index (χ4n) is 7.52. The average molecular weight is 727 g/mol. The van der Waals surface area contributed by atoms with Crippen LogP contribution in [-0.4, -0.2) is 90.2 Å². The second kappa shape index (κ2) is 18.1. The number of rotatable bonds is 12. The van der Waals surface area contributed by atoms with Crippen LogP contribution in [0.4, 0.5) is 0 Å². The maximum absolute atomic E-state index is 5.57. The van der Waals surface area contributed by atoms with E-state index in [1.54, 1.807) is 21.3 Å². The largest absolute Gasteiger partial charge is 0.497 e. The average Bonchev–Trinajstić information content (AvgIpc) is 3.25. The monoisotopic (exact) mass is 726 g/mol. The molecule has 3 aromatic carbocycles. The van der Waals surface area contributed by atoms with Crippen LogP contribution in [0, 0.1) is 0 Å². The zero-order valence-corrected chi connectivity index (χ0v) is 32.2. The topological polar surface area (TPSA) is 76.1 Å². The molecule has 0 radical (unpaired) electrons. The third kappa shape index (κ3) is 9.24. The molecule has 1 aromatic heterocycles. The molecule has 9 heteroatoms. The highest BCUT2D eigenvalue weighted by Crippen LogP contribution is 2.32. The Kier molecular flexibility index (Phi) is 12.4. The Morgan fingerprint density at radius 3 is 0.852 bits per heavy atom. The van der Waals surface area contributed by atoms with Crippen molar-refractivity contribution in [2.75, 3.05) is 60.6 Å². The molecule has 3 saturated heterocycles. The molecule has 4 heterocycles. The van der Waals surface area contributed by atoms with Crippen molar-refractivity contribution in [1.82, 2.24) is 29.7 Å². The second-order valence-corrected chi connectivity index (χ2v) is 14.4. The van der Waals surface area contributed by atoms with Crippen molar-refractivity contribution in [3.8, 4) is 17.2 Å². The highest BCUT2D eigenvalue weighted by molar-refractivity contribution is 5.83. The van der Waals surface area contributed by atoms with E-state index >= 15 is 0 Å². The first-order valence-electron chi connectivity index (χ1n) is 19.7. The van der Waals surface area contributed by atoms with E-state index in [1.165, 1.54) is 57.8 Å². The minimum atomic E-state index is 0.641. The normalized spacial score (nSPS) is 17.4. The molecule has 3 aliphatic heterocycles. The highest BCUT2D eigenvalue weighted by atomic mass is 16.5. The third-order valence-electron chi connectivity index (χ3n) is 10.7. The molecular weight excluding hydrogens is 673 g/mol. The Hall–Kier alpha value is -5.31. The number of aromatic nitrogens is 3. The number of hydrogen-bond donors (Lipinski definition) is 0. The van der Waals surface area contributed by atoms with E-state index in [9.17, 15) is 0 Å². The predicted molar refractivity (Wildman–Crippen MR) is 216 cm³/mol. The van der Waals surface area contributed by atoms with Crippen LogP contribution in [0.15, 0.2) is 91.4 Å². The molecule has 7 rings (SSSR count). The van der Waals surface area contributed by atoms with Crippen LogP contribution in [0.1, 0.15) is 92.0 Å². The van der Waals surface area contributed by atoms with Crippen molar-refractivity contribution in [2.45, 2.75) is 57.8 Å². The molecule has 0 N–H and O–H groups in total. The van der Waals surface area contributed by atoms with Gasteiger partial charge in [-0.2, -0.15) is 0 Å². The fraction of sp³-hybridized carbons (Fsp3) is 0.400. The summed E-state index contributed by atoms with van der Waals surface area (Å²) in [5.41, 5.74) is 5.97. The maximum Gasteiger partial charge on any atom is 0.166 e. The Bertz CT molecular complexity index is 1670. The fourth-order valence-corrected chi connectivity index (χ4v) is 7.52. The van der Waals surface area contributed by atoms with E-state index < -0.39 is 0 Å². The van der Waals surface area contributed by atoms with Crippen LogP contribution in [0.3, 0.4) is 0 Å². The summed E-state index contributed by atoms with van der Waals surface area (Å²) in [7, 11) is 5.11. The smallest absolute Gasteiger partial charge is 0.166 e. The molecule has 0 aliphatic carbocycles. The van der Waals surface area contributed by atoms with E-state index in [0.717, 1.165) is 89.9 Å². The quantitative estimate of drug-likeness (QED) is 0.143. The lowest BCUT2D eigenvalue weighted by Crippen LogP contribution is -2.26. The standard InChI is InChI=1S/C45H54N6O3/c1-52-37-19-13-34(14-20-37)40(31-49-25-7-4-8-26-49)43-46-44(41(32-50-27-9-5-10-28-50)35-15-21-38(53-2)22-16-35)48-45(47-43)42(33-51-29-11-6-12-30-51)36-17-23-39(54-3)24-18-36/h13-24,31-33H,4-12,25-30H2,1-3H3/b40-31-,41-32-,42-33-. The first kappa shape index (κ1) is 37.0. The lowest BCUT2D eigenvalue weighted by atomic mass is 10.0. The molecule has 282 valence electrons. The van der Waals surface area contributed by atoms with Gasteiger partial charge >= 0.3 is 0 Å². The summed E-state index contributed by atoms with van der Waals surface area (Å²) >= 11 is 0. The minimum Gasteiger partial charge on any atom is -0.497 e. The molecule has 0 spiro atoms. The van der Waals surface area contributed by atoms with Gasteiger partial charge in [0, 0.05) is 74.6 Å². The van der Waals surface area contributed by atoms with Gasteiger partial charge in [0.05, 0.1) is 21.3 Å². The number of piperidine rings is 3. The first-order chi connectivity index (χ1) is 26.6. The van der Waals surface area contributed by atoms with Gasteiger partial charge in [0.25, 0.3) is 0 Å². The Balaban J connectivity index is 1.47. The lowest BCUT2D eigenvalue weighted by Gasteiger charge is -2.27. The zero-order valence-electron chi connectivity index (χ0n) is 32.2. The molecular formula is C45H54N6O3. The van der Waals surface area contributed by atoms with Gasteiger partial charge in [-0.05, 0) is 111 Å². The summed E-state index contributed by atoms with van der Waals surface area (Å²) < 4.78 is 16.7. The van der Waals surface area contributed by atoms with Gasteiger partial charge in [-0.15, -0.1) is 0 Å². The highest BCUT2D eigenvalue weighted by Gasteiger charge is 2.23. The van der Waals surface area contributed by atoms with Crippen LogP contribution in [0.5, 0.6) is 17.2 Å². The summed E-state index contributed by atoms with van der Waals surface area (Å²) in [6.07, 6.45) is 17.6. The van der Waals surface area contributed by atoms with Gasteiger partial charge in [-0.3, -0.25) is 0 Å². The van der Waals surface area contributed by atoms with Crippen molar-refractivity contribution in [3.63, 3.8) is 0 Å². The zero-order chi connectivity index (χ0) is 37.1. The number of likely N-dealkylation sites (tertiary alicyclic amines) is 3. The van der Waals surface area contributed by atoms with Gasteiger partial charge in [0.2, 0.25) is 0 Å². The van der Waals surface area contributed by atoms with Gasteiger partial charge in [0.1, 0.15) is 17.2 Å². The number of nitrogens with zero attached hydrogens (tertiary/aromatic N) is 6. The first-order valence-corrected chi connectivity index (χ1v) is 19.7. The van der Waals surface area contributed by atoms with E-state index in [4.69, 9.17) is 29.2 Å². The Morgan fingerprint density at radius 1 is 0.389 bits per heavy atom. The van der Waals surface area contributed by atoms with Gasteiger partial charge < -0.3 is 28.9 Å². The maximum atomic E-state index is 5.57. The molecule has 0 amide bonds. The molecule has 9 nitrogen and oxygen atoms in total. The minimum absolute atomic E-state index is 0.641. The number of hydrogen-bond acceptors (Lipinski definition) is 9. The van der Waals surface area contributed by atoms with E-state index in [2.05, 4.69) is 69.7 Å². The molecule has 54 heavy (non-hydrogen) atoms. The summed E-state index contributed by atoms with van der Waals surface area (Å²) in [6, 6.07) is 24.8. The van der Waals surface area contributed by atoms with Crippen LogP contribution < -0.4 is 14.2 Å². The van der Waals surface area contributed by atoms with Gasteiger partial charge in [0.15, 0.2) is 17.5 Å². The molecule has 0 unspecified atom stereocenters. The van der Waals surface area contributed by atoms with Crippen LogP contribution in [0.25, 0.3) is 16.7 Å². The summed E-state index contributed by atoms with van der Waals surface area (Å²) in [5, 5.41) is 0. The van der Waals surface area contributed by atoms with E-state index in [1.807, 2.05) is 36.4 Å². The van der Waals surface area contributed by atoms with Crippen molar-refractivity contribution in [1.29, 1.82) is 0 Å². The summed E-state index contributed by atoms with van der Waals surface area (Å²) in [4.78, 5) is 23.5. The van der Waals surface area contributed by atoms with Crippen molar-refractivity contribution in [3.05, 3.63) is 126 Å². The predicted octanol–water partition coefficient (Wildman–Crippen LogP) is 8.52. The SMILES string of the molecule is COc1ccc(/C(=C/N2CCCCC2)c2nc(/C(=C\N3CCCCC3)c3ccc(OC)cc3)nc(/C(=C\N3CCCCC3)c3ccc(OC)cc3)n2)cc1. The molecule has 3 fully saturated rings. The van der Waals surface area contributed by atoms with Crippen LogP contribution >= 0.6 is 0 Å². The third-order valence-corrected chi connectivity index (χ3v) is 10.7.